The Morgan fingerprint density at radius 1 is 1.36 bits per heavy atom. The van der Waals surface area contributed by atoms with Crippen molar-refractivity contribution in [3.8, 4) is 0 Å². The van der Waals surface area contributed by atoms with Gasteiger partial charge >= 0.3 is 0 Å². The average Bonchev–Trinajstić information content (AvgIpc) is 2.80. The Morgan fingerprint density at radius 3 is 2.60 bits per heavy atom. The number of allylic oxidation sites excluding steroid dienone is 1. The smallest absolute Gasteiger partial charge is 0.0904 e. The van der Waals surface area contributed by atoms with Crippen LogP contribution in [0.15, 0.2) is 11.6 Å². The van der Waals surface area contributed by atoms with Gasteiger partial charge in [0.2, 0.25) is 0 Å². The minimum absolute atomic E-state index is 0.369. The van der Waals surface area contributed by atoms with Gasteiger partial charge in [-0.1, -0.05) is 11.6 Å². The summed E-state index contributed by atoms with van der Waals surface area (Å²) in [5.41, 5.74) is -0.540. The fourth-order valence-corrected chi connectivity index (χ4v) is 4.82. The highest BCUT2D eigenvalue weighted by Gasteiger charge is 2.65. The summed E-state index contributed by atoms with van der Waals surface area (Å²) in [4.78, 5) is 2.12. The van der Waals surface area contributed by atoms with E-state index in [0.29, 0.717) is 39.0 Å². The lowest BCUT2D eigenvalue weighted by Crippen LogP contribution is -2.63. The van der Waals surface area contributed by atoms with Gasteiger partial charge < -0.3 is 24.8 Å². The number of fused-ring (bicyclic) bond motifs is 1. The predicted molar refractivity (Wildman–Crippen MR) is 96.4 cm³/mol. The monoisotopic (exact) mass is 357 g/mol. The van der Waals surface area contributed by atoms with Gasteiger partial charge in [0.15, 0.2) is 0 Å². The number of methoxy groups -OCH3 is 2. The van der Waals surface area contributed by atoms with Crippen LogP contribution in [0.25, 0.3) is 0 Å². The first-order valence-corrected chi connectivity index (χ1v) is 9.19. The van der Waals surface area contributed by atoms with E-state index in [0.717, 1.165) is 5.57 Å². The second kappa shape index (κ2) is 8.03. The molecule has 2 fully saturated rings. The molecule has 2 aliphatic rings. The van der Waals surface area contributed by atoms with Crippen LogP contribution in [0.4, 0.5) is 0 Å². The van der Waals surface area contributed by atoms with Crippen LogP contribution in [0, 0.1) is 5.92 Å². The summed E-state index contributed by atoms with van der Waals surface area (Å²) in [6, 6.07) is 0. The molecule has 25 heavy (non-hydrogen) atoms. The molecule has 0 spiro atoms. The van der Waals surface area contributed by atoms with E-state index < -0.39 is 29.5 Å². The van der Waals surface area contributed by atoms with Gasteiger partial charge in [-0.3, -0.25) is 4.90 Å². The summed E-state index contributed by atoms with van der Waals surface area (Å²) in [7, 11) is 3.22. The van der Waals surface area contributed by atoms with Crippen molar-refractivity contribution in [1.82, 2.24) is 4.90 Å². The molecule has 1 aliphatic heterocycles. The number of rotatable bonds is 7. The molecule has 2 rings (SSSR count). The molecule has 1 saturated heterocycles. The average molecular weight is 357 g/mol. The van der Waals surface area contributed by atoms with E-state index >= 15 is 0 Å². The second-order valence-electron chi connectivity index (χ2n) is 8.06. The Balaban J connectivity index is 2.41. The molecule has 0 aromatic rings. The van der Waals surface area contributed by atoms with Gasteiger partial charge in [0, 0.05) is 33.2 Å². The van der Waals surface area contributed by atoms with Crippen LogP contribution in [0.3, 0.4) is 0 Å². The van der Waals surface area contributed by atoms with Crippen molar-refractivity contribution in [2.45, 2.75) is 69.5 Å². The minimum Gasteiger partial charge on any atom is -0.391 e. The van der Waals surface area contributed by atoms with Crippen LogP contribution in [0.5, 0.6) is 0 Å². The topological polar surface area (TPSA) is 82.4 Å². The fourth-order valence-electron chi connectivity index (χ4n) is 4.82. The third kappa shape index (κ3) is 3.80. The molecule has 146 valence electrons. The molecule has 1 saturated carbocycles. The van der Waals surface area contributed by atoms with E-state index in [4.69, 9.17) is 9.47 Å². The zero-order valence-corrected chi connectivity index (χ0v) is 16.2. The summed E-state index contributed by atoms with van der Waals surface area (Å²) >= 11 is 0. The lowest BCUT2D eigenvalue weighted by molar-refractivity contribution is -0.169. The molecule has 0 amide bonds. The highest BCUT2D eigenvalue weighted by atomic mass is 16.5. The van der Waals surface area contributed by atoms with Gasteiger partial charge in [0.1, 0.15) is 0 Å². The maximum Gasteiger partial charge on any atom is 0.0904 e. The highest BCUT2D eigenvalue weighted by molar-refractivity contribution is 5.19. The van der Waals surface area contributed by atoms with Crippen molar-refractivity contribution in [2.75, 3.05) is 33.9 Å². The summed E-state index contributed by atoms with van der Waals surface area (Å²) in [6.45, 7) is 7.59. The lowest BCUT2D eigenvalue weighted by Gasteiger charge is -2.50. The molecule has 6 heteroatoms. The number of ether oxygens (including phenoxy) is 2. The maximum absolute atomic E-state index is 11.4. The van der Waals surface area contributed by atoms with Crippen molar-refractivity contribution in [1.29, 1.82) is 0 Å². The molecule has 0 aromatic carbocycles. The van der Waals surface area contributed by atoms with Gasteiger partial charge in [0.05, 0.1) is 36.1 Å². The van der Waals surface area contributed by atoms with Crippen LogP contribution < -0.4 is 0 Å². The Labute approximate surface area is 151 Å². The summed E-state index contributed by atoms with van der Waals surface area (Å²) in [5, 5.41) is 32.9. The third-order valence-electron chi connectivity index (χ3n) is 6.20. The van der Waals surface area contributed by atoms with Crippen LogP contribution >= 0.6 is 0 Å². The molecular formula is C19H35NO5. The standard InChI is InChI=1S/C19H35NO5/c1-13(2)6-7-15(22)18(3)17-16(25-5)14(21)8-9-19(17,23)12-20(18)10-11-24-4/h6,14-17,21-23H,7-12H2,1-5H3/t14-,15-,16-,17-,18-,19+/m1/s1. The van der Waals surface area contributed by atoms with E-state index in [9.17, 15) is 15.3 Å². The van der Waals surface area contributed by atoms with Crippen molar-refractivity contribution >= 4 is 0 Å². The van der Waals surface area contributed by atoms with E-state index in [1.54, 1.807) is 14.2 Å². The molecule has 0 radical (unpaired) electrons. The van der Waals surface area contributed by atoms with Crippen LogP contribution in [0.2, 0.25) is 0 Å². The van der Waals surface area contributed by atoms with Crippen LogP contribution in [-0.2, 0) is 9.47 Å². The Hall–Kier alpha value is -0.500. The number of likely N-dealkylation sites (tertiary alicyclic amines) is 1. The van der Waals surface area contributed by atoms with Crippen LogP contribution in [-0.4, -0.2) is 83.6 Å². The first-order valence-electron chi connectivity index (χ1n) is 9.19. The number of aliphatic hydroxyl groups excluding tert-OH is 2. The first kappa shape index (κ1) is 20.8. The van der Waals surface area contributed by atoms with E-state index in [1.807, 2.05) is 26.8 Å². The number of β-amino-alcohol motifs (C(OH)–C–C–N with tert-alkyl or cyclic N) is 1. The second-order valence-corrected chi connectivity index (χ2v) is 8.06. The van der Waals surface area contributed by atoms with Gasteiger partial charge in [-0.25, -0.2) is 0 Å². The molecule has 0 bridgehead atoms. The molecule has 0 unspecified atom stereocenters. The van der Waals surface area contributed by atoms with Crippen molar-refractivity contribution < 1.29 is 24.8 Å². The van der Waals surface area contributed by atoms with Gasteiger partial charge in [0.25, 0.3) is 0 Å². The summed E-state index contributed by atoms with van der Waals surface area (Å²) in [6.07, 6.45) is 1.72. The highest BCUT2D eigenvalue weighted by Crippen LogP contribution is 2.52. The number of hydrogen-bond acceptors (Lipinski definition) is 6. The van der Waals surface area contributed by atoms with E-state index in [2.05, 4.69) is 4.90 Å². The maximum atomic E-state index is 11.4. The van der Waals surface area contributed by atoms with E-state index in [-0.39, 0.29) is 5.92 Å². The van der Waals surface area contributed by atoms with Gasteiger partial charge in [-0.05, 0) is 40.0 Å². The third-order valence-corrected chi connectivity index (χ3v) is 6.20. The molecule has 1 aliphatic carbocycles. The number of aliphatic hydroxyl groups is 3. The number of hydrogen-bond donors (Lipinski definition) is 3. The first-order chi connectivity index (χ1) is 11.7. The fraction of sp³-hybridized carbons (Fsp3) is 0.895. The quantitative estimate of drug-likeness (QED) is 0.589. The molecular weight excluding hydrogens is 322 g/mol. The molecule has 6 atom stereocenters. The number of nitrogens with zero attached hydrogens (tertiary/aromatic N) is 1. The lowest BCUT2D eigenvalue weighted by atomic mass is 9.65. The Bertz CT molecular complexity index is 480. The summed E-state index contributed by atoms with van der Waals surface area (Å²) in [5.74, 6) is -0.369. The van der Waals surface area contributed by atoms with Gasteiger partial charge in [-0.15, -0.1) is 0 Å². The minimum atomic E-state index is -0.978. The van der Waals surface area contributed by atoms with Crippen molar-refractivity contribution in [3.63, 3.8) is 0 Å². The normalized spacial score (nSPS) is 39.9. The van der Waals surface area contributed by atoms with Crippen molar-refractivity contribution in [2.24, 2.45) is 5.92 Å². The van der Waals surface area contributed by atoms with Crippen LogP contribution in [0.1, 0.15) is 40.0 Å². The largest absolute Gasteiger partial charge is 0.391 e. The van der Waals surface area contributed by atoms with Crippen molar-refractivity contribution in [3.05, 3.63) is 11.6 Å². The molecule has 1 heterocycles. The SMILES string of the molecule is COCCN1C[C@@]2(O)CC[C@@H](O)[C@@H](OC)[C@@H]2[C@@]1(C)[C@H](O)CC=C(C)C. The molecule has 3 N–H and O–H groups in total. The molecule has 0 aromatic heterocycles. The molecule has 6 nitrogen and oxygen atoms in total. The predicted octanol–water partition coefficient (Wildman–Crippen LogP) is 0.941. The van der Waals surface area contributed by atoms with Gasteiger partial charge in [-0.2, -0.15) is 0 Å². The van der Waals surface area contributed by atoms with E-state index in [1.165, 1.54) is 0 Å². The summed E-state index contributed by atoms with van der Waals surface area (Å²) < 4.78 is 10.9. The Kier molecular flexibility index (Phi) is 6.68. The Morgan fingerprint density at radius 2 is 2.04 bits per heavy atom. The zero-order chi connectivity index (χ0) is 18.8. The zero-order valence-electron chi connectivity index (χ0n) is 16.2.